The highest BCUT2D eigenvalue weighted by molar-refractivity contribution is 7.20. The topological polar surface area (TPSA) is 96.7 Å². The SMILES string of the molecule is CCOC(=O)c1sc2ncn(CC(=O)c3ccc(OC)cc3OC)c(=O)c2c1C. The zero-order chi connectivity index (χ0) is 21.1. The van der Waals surface area contributed by atoms with E-state index in [4.69, 9.17) is 14.2 Å². The molecule has 2 heterocycles. The van der Waals surface area contributed by atoms with Gasteiger partial charge in [0.05, 0.1) is 44.6 Å². The van der Waals surface area contributed by atoms with E-state index in [2.05, 4.69) is 4.98 Å². The molecular weight excluding hydrogens is 396 g/mol. The third-order valence-electron chi connectivity index (χ3n) is 4.40. The van der Waals surface area contributed by atoms with Gasteiger partial charge in [-0.15, -0.1) is 11.3 Å². The zero-order valence-corrected chi connectivity index (χ0v) is 17.3. The Bertz CT molecular complexity index is 1150. The molecule has 9 heteroatoms. The molecule has 152 valence electrons. The van der Waals surface area contributed by atoms with E-state index in [1.54, 1.807) is 32.0 Å². The Hall–Kier alpha value is -3.20. The molecule has 29 heavy (non-hydrogen) atoms. The number of hydrogen-bond acceptors (Lipinski definition) is 8. The Morgan fingerprint density at radius 3 is 2.62 bits per heavy atom. The first-order valence-electron chi connectivity index (χ1n) is 8.82. The number of aryl methyl sites for hydroxylation is 1. The highest BCUT2D eigenvalue weighted by atomic mass is 32.1. The third-order valence-corrected chi connectivity index (χ3v) is 5.58. The van der Waals surface area contributed by atoms with Crippen molar-refractivity contribution in [1.29, 1.82) is 0 Å². The summed E-state index contributed by atoms with van der Waals surface area (Å²) in [6, 6.07) is 4.84. The molecule has 1 aromatic carbocycles. The summed E-state index contributed by atoms with van der Waals surface area (Å²) in [7, 11) is 2.97. The summed E-state index contributed by atoms with van der Waals surface area (Å²) in [6.07, 6.45) is 1.31. The van der Waals surface area contributed by atoms with Crippen LogP contribution in [0.3, 0.4) is 0 Å². The van der Waals surface area contributed by atoms with E-state index >= 15 is 0 Å². The van der Waals surface area contributed by atoms with E-state index in [1.807, 2.05) is 0 Å². The van der Waals surface area contributed by atoms with Gasteiger partial charge < -0.3 is 14.2 Å². The lowest BCUT2D eigenvalue weighted by Gasteiger charge is -2.10. The summed E-state index contributed by atoms with van der Waals surface area (Å²) in [5.41, 5.74) is 0.444. The van der Waals surface area contributed by atoms with E-state index in [1.165, 1.54) is 25.1 Å². The van der Waals surface area contributed by atoms with E-state index in [0.29, 0.717) is 37.7 Å². The number of esters is 1. The van der Waals surface area contributed by atoms with Crippen LogP contribution in [0.15, 0.2) is 29.3 Å². The lowest BCUT2D eigenvalue weighted by Crippen LogP contribution is -2.25. The number of thiophene rings is 1. The summed E-state index contributed by atoms with van der Waals surface area (Å²) in [4.78, 5) is 42.8. The minimum atomic E-state index is -0.488. The van der Waals surface area contributed by atoms with Gasteiger partial charge in [-0.2, -0.15) is 0 Å². The maximum absolute atomic E-state index is 12.9. The monoisotopic (exact) mass is 416 g/mol. The van der Waals surface area contributed by atoms with Gasteiger partial charge in [-0.05, 0) is 31.5 Å². The van der Waals surface area contributed by atoms with Crippen molar-refractivity contribution in [2.24, 2.45) is 0 Å². The van der Waals surface area contributed by atoms with Crippen molar-refractivity contribution in [3.8, 4) is 11.5 Å². The largest absolute Gasteiger partial charge is 0.497 e. The molecule has 0 aliphatic heterocycles. The average molecular weight is 416 g/mol. The first-order valence-corrected chi connectivity index (χ1v) is 9.63. The molecule has 0 saturated carbocycles. The van der Waals surface area contributed by atoms with Gasteiger partial charge >= 0.3 is 5.97 Å². The standard InChI is InChI=1S/C20H20N2O6S/c1-5-28-20(25)17-11(2)16-18(29-17)21-10-22(19(16)24)9-14(23)13-7-6-12(26-3)8-15(13)27-4/h6-8,10H,5,9H2,1-4H3. The van der Waals surface area contributed by atoms with E-state index < -0.39 is 5.97 Å². The number of ether oxygens (including phenoxy) is 3. The minimum Gasteiger partial charge on any atom is -0.497 e. The fraction of sp³-hybridized carbons (Fsp3) is 0.300. The zero-order valence-electron chi connectivity index (χ0n) is 16.5. The summed E-state index contributed by atoms with van der Waals surface area (Å²) in [5, 5.41) is 0.315. The molecule has 0 radical (unpaired) electrons. The predicted molar refractivity (Wildman–Crippen MR) is 108 cm³/mol. The van der Waals surface area contributed by atoms with E-state index in [-0.39, 0.29) is 24.5 Å². The van der Waals surface area contributed by atoms with Crippen LogP contribution in [0, 0.1) is 6.92 Å². The van der Waals surface area contributed by atoms with Crippen molar-refractivity contribution in [2.45, 2.75) is 20.4 Å². The second-order valence-electron chi connectivity index (χ2n) is 6.12. The van der Waals surface area contributed by atoms with Crippen molar-refractivity contribution in [3.63, 3.8) is 0 Å². The quantitative estimate of drug-likeness (QED) is 0.432. The lowest BCUT2D eigenvalue weighted by molar-refractivity contribution is 0.0531. The molecule has 0 aliphatic rings. The predicted octanol–water partition coefficient (Wildman–Crippen LogP) is 2.84. The number of Topliss-reactive ketones (excluding diaryl/α,β-unsaturated/α-hetero) is 1. The number of carbonyl (C=O) groups excluding carboxylic acids is 2. The summed E-state index contributed by atoms with van der Waals surface area (Å²) < 4.78 is 16.7. The van der Waals surface area contributed by atoms with Crippen LogP contribution in [0.2, 0.25) is 0 Å². The van der Waals surface area contributed by atoms with Gasteiger partial charge in [0.15, 0.2) is 5.78 Å². The molecule has 0 atom stereocenters. The Morgan fingerprint density at radius 2 is 1.97 bits per heavy atom. The molecule has 0 saturated heterocycles. The Labute approximate surface area is 170 Å². The molecule has 0 spiro atoms. The lowest BCUT2D eigenvalue weighted by atomic mass is 10.1. The molecule has 0 fully saturated rings. The van der Waals surface area contributed by atoms with Crippen molar-refractivity contribution in [2.75, 3.05) is 20.8 Å². The Balaban J connectivity index is 1.98. The number of benzene rings is 1. The minimum absolute atomic E-state index is 0.214. The number of fused-ring (bicyclic) bond motifs is 1. The molecular formula is C20H20N2O6S. The maximum Gasteiger partial charge on any atom is 0.348 e. The van der Waals surface area contributed by atoms with E-state index in [9.17, 15) is 14.4 Å². The summed E-state index contributed by atoms with van der Waals surface area (Å²) >= 11 is 1.10. The molecule has 0 amide bonds. The molecule has 0 aliphatic carbocycles. The molecule has 0 bridgehead atoms. The first-order chi connectivity index (χ1) is 13.9. The molecule has 8 nitrogen and oxygen atoms in total. The molecule has 3 aromatic rings. The number of rotatable bonds is 7. The molecule has 2 aromatic heterocycles. The van der Waals surface area contributed by atoms with Gasteiger partial charge in [0, 0.05) is 6.07 Å². The van der Waals surface area contributed by atoms with Gasteiger partial charge in [0.25, 0.3) is 5.56 Å². The molecule has 0 N–H and O–H groups in total. The highest BCUT2D eigenvalue weighted by Crippen LogP contribution is 2.28. The van der Waals surface area contributed by atoms with Crippen LogP contribution < -0.4 is 15.0 Å². The Kier molecular flexibility index (Phi) is 5.97. The highest BCUT2D eigenvalue weighted by Gasteiger charge is 2.21. The smallest absolute Gasteiger partial charge is 0.348 e. The number of aromatic nitrogens is 2. The van der Waals surface area contributed by atoms with Crippen molar-refractivity contribution >= 4 is 33.3 Å². The summed E-state index contributed by atoms with van der Waals surface area (Å²) in [5.74, 6) is 0.107. The number of ketones is 1. The number of nitrogens with zero attached hydrogens (tertiary/aromatic N) is 2. The van der Waals surface area contributed by atoms with E-state index in [0.717, 1.165) is 11.3 Å². The van der Waals surface area contributed by atoms with Crippen LogP contribution in [0.1, 0.15) is 32.5 Å². The molecule has 3 rings (SSSR count). The van der Waals surface area contributed by atoms with Crippen LogP contribution in [0.25, 0.3) is 10.2 Å². The van der Waals surface area contributed by atoms with Gasteiger partial charge in [-0.1, -0.05) is 0 Å². The van der Waals surface area contributed by atoms with Crippen LogP contribution >= 0.6 is 11.3 Å². The van der Waals surface area contributed by atoms with Gasteiger partial charge in [-0.3, -0.25) is 14.2 Å². The van der Waals surface area contributed by atoms with Gasteiger partial charge in [0.1, 0.15) is 21.2 Å². The fourth-order valence-corrected chi connectivity index (χ4v) is 3.97. The second-order valence-corrected chi connectivity index (χ2v) is 7.12. The first kappa shape index (κ1) is 20.5. The normalized spacial score (nSPS) is 10.8. The maximum atomic E-state index is 12.9. The summed E-state index contributed by atoms with van der Waals surface area (Å²) in [6.45, 7) is 3.41. The van der Waals surface area contributed by atoms with Gasteiger partial charge in [-0.25, -0.2) is 9.78 Å². The van der Waals surface area contributed by atoms with Gasteiger partial charge in [0.2, 0.25) is 0 Å². The number of methoxy groups -OCH3 is 2. The van der Waals surface area contributed by atoms with Crippen LogP contribution in [-0.4, -0.2) is 42.1 Å². The number of hydrogen-bond donors (Lipinski definition) is 0. The fourth-order valence-electron chi connectivity index (χ4n) is 2.93. The van der Waals surface area contributed by atoms with Crippen molar-refractivity contribution in [3.05, 3.63) is 50.9 Å². The third kappa shape index (κ3) is 3.86. The van der Waals surface area contributed by atoms with Crippen LogP contribution in [0.5, 0.6) is 11.5 Å². The number of carbonyl (C=O) groups is 2. The second kappa shape index (κ2) is 8.44. The van der Waals surface area contributed by atoms with Crippen LogP contribution in [0.4, 0.5) is 0 Å². The average Bonchev–Trinajstić information content (AvgIpc) is 3.06. The molecule has 0 unspecified atom stereocenters. The van der Waals surface area contributed by atoms with Crippen molar-refractivity contribution in [1.82, 2.24) is 9.55 Å². The van der Waals surface area contributed by atoms with Crippen molar-refractivity contribution < 1.29 is 23.8 Å². The Morgan fingerprint density at radius 1 is 1.21 bits per heavy atom. The van der Waals surface area contributed by atoms with Crippen LogP contribution in [-0.2, 0) is 11.3 Å².